The van der Waals surface area contributed by atoms with Crippen molar-refractivity contribution in [2.75, 3.05) is 16.2 Å². The summed E-state index contributed by atoms with van der Waals surface area (Å²) >= 11 is 6.26. The fourth-order valence-corrected chi connectivity index (χ4v) is 5.10. The number of hydrogen-bond donors (Lipinski definition) is 1. The third kappa shape index (κ3) is 5.29. The molecular formula is C24H27ClN4O3S. The molecule has 1 aromatic heterocycles. The lowest BCUT2D eigenvalue weighted by Gasteiger charge is -2.24. The first kappa shape index (κ1) is 24.5. The molecule has 1 N–H and O–H groups in total. The number of anilines is 2. The van der Waals surface area contributed by atoms with Crippen LogP contribution in [0.5, 0.6) is 0 Å². The summed E-state index contributed by atoms with van der Waals surface area (Å²) in [6.07, 6.45) is 1.48. The maximum atomic E-state index is 13.5. The maximum Gasteiger partial charge on any atom is 0.264 e. The topological polar surface area (TPSA) is 84.3 Å². The number of para-hydroxylation sites is 1. The minimum absolute atomic E-state index is 0.0204. The number of sulfonamides is 1. The van der Waals surface area contributed by atoms with Crippen LogP contribution in [0.3, 0.4) is 0 Å². The van der Waals surface area contributed by atoms with Crippen LogP contribution in [0.15, 0.2) is 72.1 Å². The van der Waals surface area contributed by atoms with Crippen LogP contribution in [0.25, 0.3) is 0 Å². The molecule has 0 unspecified atom stereocenters. The van der Waals surface area contributed by atoms with Gasteiger partial charge in [-0.1, -0.05) is 35.9 Å². The van der Waals surface area contributed by atoms with Crippen LogP contribution in [0.4, 0.5) is 11.5 Å². The highest BCUT2D eigenvalue weighted by molar-refractivity contribution is 7.92. The van der Waals surface area contributed by atoms with Crippen molar-refractivity contribution >= 4 is 39.0 Å². The molecule has 1 heterocycles. The van der Waals surface area contributed by atoms with E-state index in [0.717, 1.165) is 10.00 Å². The number of aromatic nitrogens is 2. The van der Waals surface area contributed by atoms with Crippen molar-refractivity contribution in [2.45, 2.75) is 38.1 Å². The van der Waals surface area contributed by atoms with E-state index in [-0.39, 0.29) is 22.5 Å². The van der Waals surface area contributed by atoms with Gasteiger partial charge in [-0.3, -0.25) is 9.10 Å². The van der Waals surface area contributed by atoms with Gasteiger partial charge in [0.15, 0.2) is 0 Å². The highest BCUT2D eigenvalue weighted by Gasteiger charge is 2.27. The van der Waals surface area contributed by atoms with Crippen molar-refractivity contribution < 1.29 is 13.2 Å². The van der Waals surface area contributed by atoms with Gasteiger partial charge < -0.3 is 5.32 Å². The maximum absolute atomic E-state index is 13.5. The summed E-state index contributed by atoms with van der Waals surface area (Å²) in [4.78, 5) is 13.0. The Labute approximate surface area is 199 Å². The van der Waals surface area contributed by atoms with E-state index in [1.807, 2.05) is 27.7 Å². The van der Waals surface area contributed by atoms with Gasteiger partial charge in [-0.2, -0.15) is 5.10 Å². The van der Waals surface area contributed by atoms with Crippen LogP contribution in [0, 0.1) is 6.92 Å². The molecule has 33 heavy (non-hydrogen) atoms. The minimum Gasteiger partial charge on any atom is -0.307 e. The molecule has 0 bridgehead atoms. The molecule has 0 aliphatic carbocycles. The Kier molecular flexibility index (Phi) is 7.00. The number of carbonyl (C=O) groups excluding carboxylic acids is 1. The first-order chi connectivity index (χ1) is 15.4. The van der Waals surface area contributed by atoms with Gasteiger partial charge in [0, 0.05) is 11.6 Å². The van der Waals surface area contributed by atoms with E-state index < -0.39 is 15.9 Å². The second-order valence-electron chi connectivity index (χ2n) is 8.51. The summed E-state index contributed by atoms with van der Waals surface area (Å²) in [5, 5.41) is 7.59. The van der Waals surface area contributed by atoms with Crippen molar-refractivity contribution in [3.05, 3.63) is 83.5 Å². The fraction of sp³-hybridized carbons (Fsp3) is 0.250. The van der Waals surface area contributed by atoms with Crippen LogP contribution in [0.1, 0.15) is 36.8 Å². The van der Waals surface area contributed by atoms with Crippen molar-refractivity contribution in [3.8, 4) is 0 Å². The van der Waals surface area contributed by atoms with Gasteiger partial charge in [0.2, 0.25) is 0 Å². The molecule has 174 valence electrons. The summed E-state index contributed by atoms with van der Waals surface area (Å²) in [6.45, 7) is 11.5. The quantitative estimate of drug-likeness (QED) is 0.463. The molecule has 0 saturated carbocycles. The lowest BCUT2D eigenvalue weighted by molar-refractivity contribution is 0.102. The molecule has 3 aromatic rings. The number of nitrogens with one attached hydrogen (secondary N) is 1. The van der Waals surface area contributed by atoms with Gasteiger partial charge >= 0.3 is 0 Å². The molecule has 0 atom stereocenters. The molecule has 1 amide bonds. The van der Waals surface area contributed by atoms with E-state index in [1.54, 1.807) is 41.1 Å². The highest BCUT2D eigenvalue weighted by Crippen LogP contribution is 2.30. The standard InChI is InChI=1S/C24H27ClN4O3S/c1-6-14-28(21-13-8-7-12-20(21)25)33(31,32)19-11-9-10-18(16-19)23(30)26-22-15-17(2)27-29(22)24(3,4)5/h6-13,15-16H,1,14H2,2-5H3,(H,26,30). The molecular weight excluding hydrogens is 460 g/mol. The Hall–Kier alpha value is -3.10. The predicted molar refractivity (Wildman–Crippen MR) is 133 cm³/mol. The largest absolute Gasteiger partial charge is 0.307 e. The zero-order chi connectivity index (χ0) is 24.4. The summed E-state index contributed by atoms with van der Waals surface area (Å²) in [5.74, 6) is 0.0908. The molecule has 0 aliphatic heterocycles. The second-order valence-corrected chi connectivity index (χ2v) is 10.8. The molecule has 3 rings (SSSR count). The monoisotopic (exact) mass is 486 g/mol. The molecule has 0 saturated heterocycles. The number of amides is 1. The summed E-state index contributed by atoms with van der Waals surface area (Å²) in [7, 11) is -4.01. The molecule has 9 heteroatoms. The number of carbonyl (C=O) groups is 1. The normalized spacial score (nSPS) is 11.8. The van der Waals surface area contributed by atoms with E-state index in [1.165, 1.54) is 24.3 Å². The van der Waals surface area contributed by atoms with Gasteiger partial charge in [-0.25, -0.2) is 13.1 Å². The Morgan fingerprint density at radius 2 is 1.88 bits per heavy atom. The third-order valence-corrected chi connectivity index (χ3v) is 6.90. The second kappa shape index (κ2) is 9.41. The fourth-order valence-electron chi connectivity index (χ4n) is 3.31. The zero-order valence-corrected chi connectivity index (χ0v) is 20.6. The first-order valence-corrected chi connectivity index (χ1v) is 12.1. The number of nitrogens with zero attached hydrogens (tertiary/aromatic N) is 3. The molecule has 7 nitrogen and oxygen atoms in total. The van der Waals surface area contributed by atoms with Gasteiger partial charge in [0.05, 0.1) is 33.4 Å². The predicted octanol–water partition coefficient (Wildman–Crippen LogP) is 5.23. The van der Waals surface area contributed by atoms with Gasteiger partial charge in [-0.05, 0) is 58.0 Å². The van der Waals surface area contributed by atoms with Gasteiger partial charge in [0.25, 0.3) is 15.9 Å². The first-order valence-electron chi connectivity index (χ1n) is 10.3. The highest BCUT2D eigenvalue weighted by atomic mass is 35.5. The van der Waals surface area contributed by atoms with E-state index >= 15 is 0 Å². The number of hydrogen-bond acceptors (Lipinski definition) is 4. The van der Waals surface area contributed by atoms with E-state index in [9.17, 15) is 13.2 Å². The minimum atomic E-state index is -4.01. The Morgan fingerprint density at radius 1 is 1.18 bits per heavy atom. The third-order valence-electron chi connectivity index (χ3n) is 4.81. The van der Waals surface area contributed by atoms with Crippen molar-refractivity contribution in [1.29, 1.82) is 0 Å². The van der Waals surface area contributed by atoms with Crippen LogP contribution in [-0.4, -0.2) is 30.7 Å². The van der Waals surface area contributed by atoms with Gasteiger partial charge in [0.1, 0.15) is 5.82 Å². The lowest BCUT2D eigenvalue weighted by atomic mass is 10.1. The number of benzene rings is 2. The number of aryl methyl sites for hydroxylation is 1. The zero-order valence-electron chi connectivity index (χ0n) is 19.0. The van der Waals surface area contributed by atoms with Crippen molar-refractivity contribution in [2.24, 2.45) is 0 Å². The SMILES string of the molecule is C=CCN(c1ccccc1Cl)S(=O)(=O)c1cccc(C(=O)Nc2cc(C)nn2C(C)(C)C)c1. The molecule has 0 aliphatic rings. The Morgan fingerprint density at radius 3 is 2.52 bits per heavy atom. The van der Waals surface area contributed by atoms with Crippen LogP contribution >= 0.6 is 11.6 Å². The Bertz CT molecular complexity index is 1290. The van der Waals surface area contributed by atoms with Crippen LogP contribution in [0.2, 0.25) is 5.02 Å². The summed E-state index contributed by atoms with van der Waals surface area (Å²) in [6, 6.07) is 14.3. The summed E-state index contributed by atoms with van der Waals surface area (Å²) in [5.41, 5.74) is 0.949. The molecule has 2 aromatic carbocycles. The van der Waals surface area contributed by atoms with E-state index in [0.29, 0.717) is 16.5 Å². The number of rotatable bonds is 7. The van der Waals surface area contributed by atoms with Crippen LogP contribution < -0.4 is 9.62 Å². The summed E-state index contributed by atoms with van der Waals surface area (Å²) < 4.78 is 29.8. The van der Waals surface area contributed by atoms with Crippen LogP contribution in [-0.2, 0) is 15.6 Å². The lowest BCUT2D eigenvalue weighted by Crippen LogP contribution is -2.31. The van der Waals surface area contributed by atoms with Crippen molar-refractivity contribution in [1.82, 2.24) is 9.78 Å². The van der Waals surface area contributed by atoms with E-state index in [4.69, 9.17) is 11.6 Å². The smallest absolute Gasteiger partial charge is 0.264 e. The molecule has 0 radical (unpaired) electrons. The molecule has 0 fully saturated rings. The van der Waals surface area contributed by atoms with Crippen molar-refractivity contribution in [3.63, 3.8) is 0 Å². The average molecular weight is 487 g/mol. The average Bonchev–Trinajstić information content (AvgIpc) is 3.13. The Balaban J connectivity index is 1.97. The van der Waals surface area contributed by atoms with E-state index in [2.05, 4.69) is 17.0 Å². The molecule has 0 spiro atoms. The number of halogens is 1. The van der Waals surface area contributed by atoms with Gasteiger partial charge in [-0.15, -0.1) is 6.58 Å².